The predicted molar refractivity (Wildman–Crippen MR) is 97.7 cm³/mol. The van der Waals surface area contributed by atoms with Crippen molar-refractivity contribution in [1.29, 1.82) is 0 Å². The summed E-state index contributed by atoms with van der Waals surface area (Å²) in [6.45, 7) is 0.716. The number of rotatable bonds is 3. The van der Waals surface area contributed by atoms with Gasteiger partial charge in [-0.3, -0.25) is 9.52 Å². The fourth-order valence-corrected chi connectivity index (χ4v) is 4.79. The van der Waals surface area contributed by atoms with E-state index in [4.69, 9.17) is 11.6 Å². The quantitative estimate of drug-likeness (QED) is 0.893. The molecule has 2 aromatic carbocycles. The lowest BCUT2D eigenvalue weighted by atomic mass is 9.92. The zero-order chi connectivity index (χ0) is 17.6. The van der Waals surface area contributed by atoms with Gasteiger partial charge in [0.2, 0.25) is 5.91 Å². The van der Waals surface area contributed by atoms with Gasteiger partial charge in [0.15, 0.2) is 0 Å². The molecular weight excluding hydrogens is 360 g/mol. The highest BCUT2D eigenvalue weighted by Gasteiger charge is 2.31. The maximum atomic E-state index is 12.8. The van der Waals surface area contributed by atoms with Crippen molar-refractivity contribution in [3.63, 3.8) is 0 Å². The van der Waals surface area contributed by atoms with Crippen molar-refractivity contribution in [2.24, 2.45) is 0 Å². The van der Waals surface area contributed by atoms with Crippen molar-refractivity contribution in [2.45, 2.75) is 30.6 Å². The lowest BCUT2D eigenvalue weighted by molar-refractivity contribution is -0.119. The van der Waals surface area contributed by atoms with Crippen LogP contribution in [0.1, 0.15) is 24.0 Å². The Hall–Kier alpha value is -2.05. The SMILES string of the molecule is O=C1CCc2cc(S(=O)(=O)Nc3ccc(Cl)cc3)cc3c2N1CCC3. The number of amides is 1. The molecule has 2 heterocycles. The van der Waals surface area contributed by atoms with Gasteiger partial charge in [0.25, 0.3) is 10.0 Å². The summed E-state index contributed by atoms with van der Waals surface area (Å²) in [6.07, 6.45) is 2.66. The van der Waals surface area contributed by atoms with Gasteiger partial charge in [-0.05, 0) is 66.8 Å². The van der Waals surface area contributed by atoms with Crippen molar-refractivity contribution in [2.75, 3.05) is 16.2 Å². The number of benzene rings is 2. The molecule has 4 rings (SSSR count). The first kappa shape index (κ1) is 16.4. The van der Waals surface area contributed by atoms with Gasteiger partial charge in [0.05, 0.1) is 10.6 Å². The Morgan fingerprint density at radius 1 is 1.00 bits per heavy atom. The Balaban J connectivity index is 1.73. The molecule has 1 N–H and O–H groups in total. The first-order valence-electron chi connectivity index (χ1n) is 8.18. The number of carbonyl (C=O) groups is 1. The number of hydrogen-bond donors (Lipinski definition) is 1. The van der Waals surface area contributed by atoms with Crippen LogP contribution in [0.15, 0.2) is 41.3 Å². The van der Waals surface area contributed by atoms with Gasteiger partial charge in [-0.1, -0.05) is 11.6 Å². The van der Waals surface area contributed by atoms with Gasteiger partial charge in [-0.15, -0.1) is 0 Å². The molecule has 7 heteroatoms. The highest BCUT2D eigenvalue weighted by atomic mass is 35.5. The Labute approximate surface area is 151 Å². The topological polar surface area (TPSA) is 66.5 Å². The van der Waals surface area contributed by atoms with Crippen molar-refractivity contribution < 1.29 is 13.2 Å². The Kier molecular flexibility index (Phi) is 3.96. The largest absolute Gasteiger partial charge is 0.312 e. The molecule has 2 aliphatic heterocycles. The Morgan fingerprint density at radius 2 is 1.68 bits per heavy atom. The average molecular weight is 377 g/mol. The minimum atomic E-state index is -3.70. The molecule has 0 unspecified atom stereocenters. The second-order valence-corrected chi connectivity index (χ2v) is 8.47. The lowest BCUT2D eigenvalue weighted by Crippen LogP contribution is -2.39. The molecule has 0 fully saturated rings. The van der Waals surface area contributed by atoms with E-state index in [1.165, 1.54) is 0 Å². The van der Waals surface area contributed by atoms with Crippen LogP contribution >= 0.6 is 11.6 Å². The van der Waals surface area contributed by atoms with E-state index in [-0.39, 0.29) is 10.8 Å². The van der Waals surface area contributed by atoms with Crippen LogP contribution in [-0.2, 0) is 27.7 Å². The van der Waals surface area contributed by atoms with Gasteiger partial charge < -0.3 is 4.90 Å². The first-order chi connectivity index (χ1) is 11.9. The molecule has 2 aliphatic rings. The molecule has 1 amide bonds. The number of hydrogen-bond acceptors (Lipinski definition) is 3. The summed E-state index contributed by atoms with van der Waals surface area (Å²) in [5.41, 5.74) is 3.27. The second-order valence-electron chi connectivity index (χ2n) is 6.35. The number of sulfonamides is 1. The van der Waals surface area contributed by atoms with E-state index in [1.807, 2.05) is 0 Å². The van der Waals surface area contributed by atoms with Crippen LogP contribution in [0.4, 0.5) is 11.4 Å². The third-order valence-corrected chi connectivity index (χ3v) is 6.27. The van der Waals surface area contributed by atoms with Crippen LogP contribution in [0, 0.1) is 0 Å². The zero-order valence-electron chi connectivity index (χ0n) is 13.5. The van der Waals surface area contributed by atoms with Crippen LogP contribution in [0.25, 0.3) is 0 Å². The molecule has 0 radical (unpaired) electrons. The maximum absolute atomic E-state index is 12.8. The number of nitrogens with zero attached hydrogens (tertiary/aromatic N) is 1. The minimum Gasteiger partial charge on any atom is -0.312 e. The van der Waals surface area contributed by atoms with E-state index in [0.29, 0.717) is 30.1 Å². The van der Waals surface area contributed by atoms with Crippen molar-refractivity contribution in [1.82, 2.24) is 0 Å². The smallest absolute Gasteiger partial charge is 0.261 e. The third-order valence-electron chi connectivity index (χ3n) is 4.66. The predicted octanol–water partition coefficient (Wildman–Crippen LogP) is 3.37. The van der Waals surface area contributed by atoms with Crippen molar-refractivity contribution >= 4 is 38.9 Å². The fraction of sp³-hybridized carbons (Fsp3) is 0.278. The molecule has 0 saturated carbocycles. The van der Waals surface area contributed by atoms with Crippen LogP contribution in [0.2, 0.25) is 5.02 Å². The third kappa shape index (κ3) is 3.00. The van der Waals surface area contributed by atoms with Gasteiger partial charge >= 0.3 is 0 Å². The second kappa shape index (κ2) is 6.04. The number of halogens is 1. The summed E-state index contributed by atoms with van der Waals surface area (Å²) in [5, 5.41) is 0.547. The van der Waals surface area contributed by atoms with Crippen LogP contribution in [-0.4, -0.2) is 20.9 Å². The number of nitrogens with one attached hydrogen (secondary N) is 1. The molecule has 25 heavy (non-hydrogen) atoms. The summed E-state index contributed by atoms with van der Waals surface area (Å²) in [6, 6.07) is 9.92. The highest BCUT2D eigenvalue weighted by molar-refractivity contribution is 7.92. The van der Waals surface area contributed by atoms with Gasteiger partial charge in [-0.25, -0.2) is 8.42 Å². The summed E-state index contributed by atoms with van der Waals surface area (Å²) in [7, 11) is -3.70. The molecule has 130 valence electrons. The van der Waals surface area contributed by atoms with E-state index < -0.39 is 10.0 Å². The van der Waals surface area contributed by atoms with E-state index in [1.54, 1.807) is 41.3 Å². The summed E-state index contributed by atoms with van der Waals surface area (Å²) < 4.78 is 28.2. The Bertz CT molecular complexity index is 938. The normalized spacial score (nSPS) is 16.5. The molecular formula is C18H17ClN2O3S. The van der Waals surface area contributed by atoms with Crippen LogP contribution in [0.3, 0.4) is 0 Å². The van der Waals surface area contributed by atoms with Crippen molar-refractivity contribution in [3.8, 4) is 0 Å². The minimum absolute atomic E-state index is 0.128. The van der Waals surface area contributed by atoms with E-state index in [2.05, 4.69) is 4.72 Å². The Morgan fingerprint density at radius 3 is 2.40 bits per heavy atom. The van der Waals surface area contributed by atoms with Gasteiger partial charge in [-0.2, -0.15) is 0 Å². The summed E-state index contributed by atoms with van der Waals surface area (Å²) in [5.74, 6) is 0.128. The molecule has 0 saturated heterocycles. The van der Waals surface area contributed by atoms with Crippen LogP contribution < -0.4 is 9.62 Å². The lowest BCUT2D eigenvalue weighted by Gasteiger charge is -2.35. The zero-order valence-corrected chi connectivity index (χ0v) is 15.0. The molecule has 0 bridgehead atoms. The standard InChI is InChI=1S/C18H17ClN2O3S/c19-14-4-6-15(7-5-14)20-25(23,24)16-10-12-2-1-9-21-17(22)8-3-13(11-16)18(12)21/h4-7,10-11,20H,1-3,8-9H2. The maximum Gasteiger partial charge on any atom is 0.261 e. The number of anilines is 2. The van der Waals surface area contributed by atoms with E-state index >= 15 is 0 Å². The van der Waals surface area contributed by atoms with Crippen molar-refractivity contribution in [3.05, 3.63) is 52.5 Å². The van der Waals surface area contributed by atoms with E-state index in [0.717, 1.165) is 29.7 Å². The van der Waals surface area contributed by atoms with Gasteiger partial charge in [0.1, 0.15) is 0 Å². The first-order valence-corrected chi connectivity index (χ1v) is 10.0. The monoisotopic (exact) mass is 376 g/mol. The van der Waals surface area contributed by atoms with E-state index in [9.17, 15) is 13.2 Å². The fourth-order valence-electron chi connectivity index (χ4n) is 3.51. The molecule has 0 atom stereocenters. The highest BCUT2D eigenvalue weighted by Crippen LogP contribution is 2.37. The molecule has 2 aromatic rings. The number of aryl methyl sites for hydroxylation is 2. The molecule has 0 aliphatic carbocycles. The molecule has 0 spiro atoms. The molecule has 5 nitrogen and oxygen atoms in total. The molecule has 0 aromatic heterocycles. The summed E-state index contributed by atoms with van der Waals surface area (Å²) >= 11 is 5.84. The van der Waals surface area contributed by atoms with Crippen LogP contribution in [0.5, 0.6) is 0 Å². The summed E-state index contributed by atoms with van der Waals surface area (Å²) in [4.78, 5) is 14.2. The average Bonchev–Trinajstić information content (AvgIpc) is 2.60. The number of carbonyl (C=O) groups excluding carboxylic acids is 1. The van der Waals surface area contributed by atoms with Gasteiger partial charge in [0, 0.05) is 23.7 Å².